The van der Waals surface area contributed by atoms with E-state index < -0.39 is 12.0 Å². The van der Waals surface area contributed by atoms with Crippen LogP contribution in [-0.4, -0.2) is 60.4 Å². The maximum atomic E-state index is 12.2. The van der Waals surface area contributed by atoms with Crippen LogP contribution in [0, 0.1) is 5.92 Å². The van der Waals surface area contributed by atoms with E-state index in [1.165, 1.54) is 4.90 Å². The molecule has 17 heavy (non-hydrogen) atoms. The number of carboxylic acids is 1. The Labute approximate surface area is 99.5 Å². The second-order valence-electron chi connectivity index (χ2n) is 4.54. The minimum absolute atomic E-state index is 0.0736. The maximum Gasteiger partial charge on any atom is 0.328 e. The van der Waals surface area contributed by atoms with Crippen LogP contribution in [-0.2, 0) is 19.1 Å². The molecule has 3 atom stereocenters. The van der Waals surface area contributed by atoms with Gasteiger partial charge in [-0.15, -0.1) is 0 Å². The van der Waals surface area contributed by atoms with Gasteiger partial charge >= 0.3 is 5.97 Å². The van der Waals surface area contributed by atoms with Crippen molar-refractivity contribution < 1.29 is 24.2 Å². The van der Waals surface area contributed by atoms with E-state index >= 15 is 0 Å². The van der Waals surface area contributed by atoms with E-state index in [1.807, 2.05) is 6.92 Å². The molecule has 2 aliphatic heterocycles. The van der Waals surface area contributed by atoms with Crippen LogP contribution in [0.4, 0.5) is 0 Å². The Hall–Kier alpha value is -1.14. The van der Waals surface area contributed by atoms with Crippen molar-refractivity contribution in [1.29, 1.82) is 0 Å². The smallest absolute Gasteiger partial charge is 0.328 e. The van der Waals surface area contributed by atoms with Crippen molar-refractivity contribution in [1.82, 2.24) is 4.90 Å². The van der Waals surface area contributed by atoms with Crippen LogP contribution in [0.3, 0.4) is 0 Å². The van der Waals surface area contributed by atoms with Crippen LogP contribution in [0.2, 0.25) is 0 Å². The number of hydrogen-bond acceptors (Lipinski definition) is 4. The molecule has 0 aromatic heterocycles. The largest absolute Gasteiger partial charge is 0.480 e. The molecule has 2 heterocycles. The first kappa shape index (κ1) is 12.3. The SMILES string of the molecule is CC1CC(C(=O)N2CCOCC2C(=O)O)CO1. The van der Waals surface area contributed by atoms with Gasteiger partial charge in [-0.3, -0.25) is 4.79 Å². The van der Waals surface area contributed by atoms with Crippen LogP contribution in [0.15, 0.2) is 0 Å². The summed E-state index contributed by atoms with van der Waals surface area (Å²) in [5.74, 6) is -1.33. The van der Waals surface area contributed by atoms with Crippen molar-refractivity contribution in [3.8, 4) is 0 Å². The number of amides is 1. The molecule has 6 nitrogen and oxygen atoms in total. The van der Waals surface area contributed by atoms with Gasteiger partial charge in [0.1, 0.15) is 0 Å². The van der Waals surface area contributed by atoms with Gasteiger partial charge in [0.2, 0.25) is 5.91 Å². The Kier molecular flexibility index (Phi) is 3.63. The highest BCUT2D eigenvalue weighted by Crippen LogP contribution is 2.23. The molecule has 0 spiro atoms. The highest BCUT2D eigenvalue weighted by atomic mass is 16.5. The highest BCUT2D eigenvalue weighted by Gasteiger charge is 2.38. The summed E-state index contributed by atoms with van der Waals surface area (Å²) in [7, 11) is 0. The van der Waals surface area contributed by atoms with Crippen molar-refractivity contribution in [3.63, 3.8) is 0 Å². The molecule has 0 aromatic rings. The van der Waals surface area contributed by atoms with Gasteiger partial charge in [-0.25, -0.2) is 4.79 Å². The average Bonchev–Trinajstić information content (AvgIpc) is 2.75. The fourth-order valence-corrected chi connectivity index (χ4v) is 2.30. The lowest BCUT2D eigenvalue weighted by molar-refractivity contribution is -0.160. The predicted molar refractivity (Wildman–Crippen MR) is 57.5 cm³/mol. The van der Waals surface area contributed by atoms with Gasteiger partial charge in [0.25, 0.3) is 0 Å². The lowest BCUT2D eigenvalue weighted by Crippen LogP contribution is -2.54. The third-order valence-electron chi connectivity index (χ3n) is 3.24. The summed E-state index contributed by atoms with van der Waals surface area (Å²) in [5, 5.41) is 9.05. The second kappa shape index (κ2) is 5.01. The predicted octanol–water partition coefficient (Wildman–Crippen LogP) is -0.277. The van der Waals surface area contributed by atoms with Crippen molar-refractivity contribution >= 4 is 11.9 Å². The minimum Gasteiger partial charge on any atom is -0.480 e. The number of nitrogens with zero attached hydrogens (tertiary/aromatic N) is 1. The van der Waals surface area contributed by atoms with Crippen molar-refractivity contribution in [2.75, 3.05) is 26.4 Å². The Balaban J connectivity index is 2.03. The molecule has 1 amide bonds. The summed E-state index contributed by atoms with van der Waals surface area (Å²) in [4.78, 5) is 24.6. The fraction of sp³-hybridized carbons (Fsp3) is 0.818. The lowest BCUT2D eigenvalue weighted by atomic mass is 10.0. The second-order valence-corrected chi connectivity index (χ2v) is 4.54. The topological polar surface area (TPSA) is 76.1 Å². The third-order valence-corrected chi connectivity index (χ3v) is 3.24. The standard InChI is InChI=1S/C11H17NO5/c1-7-4-8(5-17-7)10(13)12-2-3-16-6-9(12)11(14)15/h7-9H,2-6H2,1H3,(H,14,15). The molecule has 1 N–H and O–H groups in total. The van der Waals surface area contributed by atoms with Crippen LogP contribution in [0.25, 0.3) is 0 Å². The van der Waals surface area contributed by atoms with E-state index in [0.717, 1.165) is 0 Å². The summed E-state index contributed by atoms with van der Waals surface area (Å²) in [6.07, 6.45) is 0.746. The summed E-state index contributed by atoms with van der Waals surface area (Å²) in [6.45, 7) is 3.13. The van der Waals surface area contributed by atoms with Crippen LogP contribution < -0.4 is 0 Å². The number of aliphatic carboxylic acids is 1. The Morgan fingerprint density at radius 2 is 2.12 bits per heavy atom. The first-order chi connectivity index (χ1) is 8.09. The van der Waals surface area contributed by atoms with Crippen LogP contribution in [0.5, 0.6) is 0 Å². The van der Waals surface area contributed by atoms with Crippen LogP contribution >= 0.6 is 0 Å². The van der Waals surface area contributed by atoms with Gasteiger partial charge < -0.3 is 19.5 Å². The quantitative estimate of drug-likeness (QED) is 0.722. The van der Waals surface area contributed by atoms with Crippen molar-refractivity contribution in [2.24, 2.45) is 5.92 Å². The highest BCUT2D eigenvalue weighted by molar-refractivity contribution is 5.85. The molecule has 0 radical (unpaired) electrons. The lowest BCUT2D eigenvalue weighted by Gasteiger charge is -2.34. The van der Waals surface area contributed by atoms with Gasteiger partial charge in [0.15, 0.2) is 6.04 Å². The molecular weight excluding hydrogens is 226 g/mol. The molecule has 3 unspecified atom stereocenters. The van der Waals surface area contributed by atoms with Gasteiger partial charge in [0.05, 0.1) is 31.8 Å². The fourth-order valence-electron chi connectivity index (χ4n) is 2.30. The number of carboxylic acid groups (broad SMARTS) is 1. The zero-order valence-electron chi connectivity index (χ0n) is 9.80. The molecule has 0 aromatic carbocycles. The minimum atomic E-state index is -1.01. The molecule has 0 aliphatic carbocycles. The zero-order chi connectivity index (χ0) is 12.4. The third kappa shape index (κ3) is 2.58. The number of rotatable bonds is 2. The van der Waals surface area contributed by atoms with Gasteiger partial charge in [0, 0.05) is 6.54 Å². The van der Waals surface area contributed by atoms with E-state index in [-0.39, 0.29) is 24.5 Å². The number of carbonyl (C=O) groups is 2. The maximum absolute atomic E-state index is 12.2. The van der Waals surface area contributed by atoms with Crippen molar-refractivity contribution in [3.05, 3.63) is 0 Å². The summed E-state index contributed by atoms with van der Waals surface area (Å²) in [5.41, 5.74) is 0. The van der Waals surface area contributed by atoms with Crippen LogP contribution in [0.1, 0.15) is 13.3 Å². The zero-order valence-corrected chi connectivity index (χ0v) is 9.80. The van der Waals surface area contributed by atoms with Gasteiger partial charge in [-0.1, -0.05) is 0 Å². The van der Waals surface area contributed by atoms with E-state index in [0.29, 0.717) is 26.2 Å². The summed E-state index contributed by atoms with van der Waals surface area (Å²) >= 11 is 0. The van der Waals surface area contributed by atoms with E-state index in [4.69, 9.17) is 14.6 Å². The number of hydrogen-bond donors (Lipinski definition) is 1. The summed E-state index contributed by atoms with van der Waals surface area (Å²) in [6, 6.07) is -0.854. The first-order valence-electron chi connectivity index (χ1n) is 5.82. The Morgan fingerprint density at radius 3 is 2.71 bits per heavy atom. The van der Waals surface area contributed by atoms with Crippen molar-refractivity contribution in [2.45, 2.75) is 25.5 Å². The van der Waals surface area contributed by atoms with Gasteiger partial charge in [-0.05, 0) is 13.3 Å². The Morgan fingerprint density at radius 1 is 1.35 bits per heavy atom. The Bertz CT molecular complexity index is 319. The normalized spacial score (nSPS) is 33.7. The molecule has 2 fully saturated rings. The molecule has 2 rings (SSSR count). The average molecular weight is 243 g/mol. The summed E-state index contributed by atoms with van der Waals surface area (Å²) < 4.78 is 10.4. The molecule has 2 saturated heterocycles. The van der Waals surface area contributed by atoms with E-state index in [1.54, 1.807) is 0 Å². The molecule has 96 valence electrons. The number of ether oxygens (including phenoxy) is 2. The molecule has 6 heteroatoms. The van der Waals surface area contributed by atoms with Gasteiger partial charge in [-0.2, -0.15) is 0 Å². The van der Waals surface area contributed by atoms with E-state index in [9.17, 15) is 9.59 Å². The molecule has 0 bridgehead atoms. The monoisotopic (exact) mass is 243 g/mol. The molecule has 2 aliphatic rings. The molecule has 0 saturated carbocycles. The number of carbonyl (C=O) groups excluding carboxylic acids is 1. The molecular formula is C11H17NO5. The van der Waals surface area contributed by atoms with E-state index in [2.05, 4.69) is 0 Å². The first-order valence-corrected chi connectivity index (χ1v) is 5.82. The number of morpholine rings is 1.